The van der Waals surface area contributed by atoms with E-state index in [1.165, 1.54) is 0 Å². The summed E-state index contributed by atoms with van der Waals surface area (Å²) in [5.74, 6) is 0.0911. The van der Waals surface area contributed by atoms with Crippen LogP contribution in [0, 0.1) is 5.41 Å². The maximum atomic E-state index is 12.7. The molecule has 0 atom stereocenters. The Balaban J connectivity index is 2.13. The topological polar surface area (TPSA) is 49.3 Å². The SMILES string of the molecule is CCC(CC)(C(=O)NCC1(CO)CC1)c1ccccc1. The molecule has 1 aliphatic rings. The Hall–Kier alpha value is -1.35. The molecule has 1 aromatic carbocycles. The molecule has 0 radical (unpaired) electrons. The number of benzene rings is 1. The van der Waals surface area contributed by atoms with Gasteiger partial charge in [0, 0.05) is 12.0 Å². The van der Waals surface area contributed by atoms with Crippen LogP contribution < -0.4 is 5.32 Å². The van der Waals surface area contributed by atoms with E-state index in [2.05, 4.69) is 19.2 Å². The Bertz CT molecular complexity index is 447. The number of rotatable bonds is 7. The average Bonchev–Trinajstić information content (AvgIpc) is 3.29. The minimum atomic E-state index is -0.452. The summed E-state index contributed by atoms with van der Waals surface area (Å²) in [6.45, 7) is 4.89. The normalized spacial score (nSPS) is 16.8. The van der Waals surface area contributed by atoms with E-state index in [4.69, 9.17) is 0 Å². The zero-order valence-corrected chi connectivity index (χ0v) is 12.5. The van der Waals surface area contributed by atoms with Crippen LogP contribution in [-0.4, -0.2) is 24.2 Å². The van der Waals surface area contributed by atoms with Gasteiger partial charge in [0.2, 0.25) is 5.91 Å². The second-order valence-corrected chi connectivity index (χ2v) is 6.00. The maximum Gasteiger partial charge on any atom is 0.230 e. The monoisotopic (exact) mass is 275 g/mol. The number of carbonyl (C=O) groups is 1. The first-order valence-electron chi connectivity index (χ1n) is 7.57. The molecule has 3 heteroatoms. The van der Waals surface area contributed by atoms with E-state index < -0.39 is 5.41 Å². The van der Waals surface area contributed by atoms with Gasteiger partial charge in [-0.15, -0.1) is 0 Å². The van der Waals surface area contributed by atoms with E-state index in [1.54, 1.807) is 0 Å². The van der Waals surface area contributed by atoms with E-state index >= 15 is 0 Å². The van der Waals surface area contributed by atoms with Crippen LogP contribution in [-0.2, 0) is 10.2 Å². The molecule has 1 aromatic rings. The van der Waals surface area contributed by atoms with Crippen LogP contribution in [0.4, 0.5) is 0 Å². The average molecular weight is 275 g/mol. The molecule has 1 amide bonds. The van der Waals surface area contributed by atoms with Crippen molar-refractivity contribution in [3.8, 4) is 0 Å². The Kier molecular flexibility index (Phi) is 4.48. The van der Waals surface area contributed by atoms with Gasteiger partial charge in [-0.25, -0.2) is 0 Å². The van der Waals surface area contributed by atoms with Gasteiger partial charge in [-0.3, -0.25) is 4.79 Å². The first-order valence-corrected chi connectivity index (χ1v) is 7.57. The zero-order chi connectivity index (χ0) is 14.6. The fraction of sp³-hybridized carbons (Fsp3) is 0.588. The molecule has 0 aliphatic heterocycles. The minimum Gasteiger partial charge on any atom is -0.396 e. The summed E-state index contributed by atoms with van der Waals surface area (Å²) in [4.78, 5) is 12.7. The second kappa shape index (κ2) is 5.96. The summed E-state index contributed by atoms with van der Waals surface area (Å²) in [6, 6.07) is 10.0. The molecule has 0 spiro atoms. The number of nitrogens with one attached hydrogen (secondary N) is 1. The van der Waals surface area contributed by atoms with Crippen LogP contribution >= 0.6 is 0 Å². The summed E-state index contributed by atoms with van der Waals surface area (Å²) in [5, 5.41) is 12.4. The van der Waals surface area contributed by atoms with Crippen molar-refractivity contribution in [3.05, 3.63) is 35.9 Å². The predicted molar refractivity (Wildman–Crippen MR) is 80.5 cm³/mol. The molecule has 0 aromatic heterocycles. The number of hydrogen-bond acceptors (Lipinski definition) is 2. The number of carbonyl (C=O) groups excluding carboxylic acids is 1. The highest BCUT2D eigenvalue weighted by atomic mass is 16.3. The van der Waals surface area contributed by atoms with Crippen molar-refractivity contribution in [3.63, 3.8) is 0 Å². The molecular weight excluding hydrogens is 250 g/mol. The number of aliphatic hydroxyl groups excluding tert-OH is 1. The molecule has 0 heterocycles. The van der Waals surface area contributed by atoms with Crippen molar-refractivity contribution in [1.82, 2.24) is 5.32 Å². The van der Waals surface area contributed by atoms with Gasteiger partial charge in [-0.2, -0.15) is 0 Å². The first-order chi connectivity index (χ1) is 9.62. The van der Waals surface area contributed by atoms with Crippen molar-refractivity contribution in [2.45, 2.75) is 44.9 Å². The third-order valence-electron chi connectivity index (χ3n) is 4.88. The molecule has 1 aliphatic carbocycles. The van der Waals surface area contributed by atoms with Gasteiger partial charge in [-0.1, -0.05) is 44.2 Å². The summed E-state index contributed by atoms with van der Waals surface area (Å²) < 4.78 is 0. The molecule has 0 bridgehead atoms. The molecule has 20 heavy (non-hydrogen) atoms. The van der Waals surface area contributed by atoms with Crippen molar-refractivity contribution in [2.75, 3.05) is 13.2 Å². The fourth-order valence-electron chi connectivity index (χ4n) is 2.87. The summed E-state index contributed by atoms with van der Waals surface area (Å²) in [7, 11) is 0. The highest BCUT2D eigenvalue weighted by molar-refractivity contribution is 5.88. The maximum absolute atomic E-state index is 12.7. The van der Waals surface area contributed by atoms with Crippen molar-refractivity contribution in [2.24, 2.45) is 5.41 Å². The second-order valence-electron chi connectivity index (χ2n) is 6.00. The predicted octanol–water partition coefficient (Wildman–Crippen LogP) is 2.63. The Labute approximate surface area is 121 Å². The lowest BCUT2D eigenvalue weighted by atomic mass is 9.75. The van der Waals surface area contributed by atoms with Crippen LogP contribution in [0.1, 0.15) is 45.1 Å². The summed E-state index contributed by atoms with van der Waals surface area (Å²) in [5.41, 5.74) is 0.586. The Morgan fingerprint density at radius 3 is 2.30 bits per heavy atom. The third-order valence-corrected chi connectivity index (χ3v) is 4.88. The van der Waals surface area contributed by atoms with Crippen LogP contribution in [0.5, 0.6) is 0 Å². The van der Waals surface area contributed by atoms with Crippen molar-refractivity contribution in [1.29, 1.82) is 0 Å². The summed E-state index contributed by atoms with van der Waals surface area (Å²) >= 11 is 0. The first kappa shape index (κ1) is 15.0. The van der Waals surface area contributed by atoms with Gasteiger partial charge in [0.25, 0.3) is 0 Å². The number of aliphatic hydroxyl groups is 1. The Morgan fingerprint density at radius 2 is 1.85 bits per heavy atom. The molecule has 2 N–H and O–H groups in total. The van der Waals surface area contributed by atoms with Gasteiger partial charge in [0.1, 0.15) is 0 Å². The van der Waals surface area contributed by atoms with Crippen molar-refractivity contribution < 1.29 is 9.90 Å². The lowest BCUT2D eigenvalue weighted by Crippen LogP contribution is -2.46. The molecule has 110 valence electrons. The van der Waals surface area contributed by atoms with E-state index in [9.17, 15) is 9.90 Å². The van der Waals surface area contributed by atoms with Gasteiger partial charge in [0.05, 0.1) is 12.0 Å². The third kappa shape index (κ3) is 2.73. The molecule has 0 unspecified atom stereocenters. The van der Waals surface area contributed by atoms with Crippen LogP contribution in [0.2, 0.25) is 0 Å². The van der Waals surface area contributed by atoms with Gasteiger partial charge >= 0.3 is 0 Å². The molecular formula is C17H25NO2. The molecule has 3 nitrogen and oxygen atoms in total. The molecule has 0 saturated heterocycles. The van der Waals surface area contributed by atoms with E-state index in [0.717, 1.165) is 31.2 Å². The highest BCUT2D eigenvalue weighted by Gasteiger charge is 2.44. The van der Waals surface area contributed by atoms with Crippen LogP contribution in [0.3, 0.4) is 0 Å². The summed E-state index contributed by atoms with van der Waals surface area (Å²) in [6.07, 6.45) is 3.59. The lowest BCUT2D eigenvalue weighted by molar-refractivity contribution is -0.127. The van der Waals surface area contributed by atoms with Gasteiger partial charge in [-0.05, 0) is 31.2 Å². The lowest BCUT2D eigenvalue weighted by Gasteiger charge is -2.31. The number of amides is 1. The standard InChI is InChI=1S/C17H25NO2/c1-3-17(4-2,14-8-6-5-7-9-14)15(20)18-12-16(13-19)10-11-16/h5-9,19H,3-4,10-13H2,1-2H3,(H,18,20). The quantitative estimate of drug-likeness (QED) is 0.803. The largest absolute Gasteiger partial charge is 0.396 e. The van der Waals surface area contributed by atoms with Gasteiger partial charge in [0.15, 0.2) is 0 Å². The molecule has 2 rings (SSSR count). The van der Waals surface area contributed by atoms with Crippen LogP contribution in [0.25, 0.3) is 0 Å². The number of hydrogen-bond donors (Lipinski definition) is 2. The fourth-order valence-corrected chi connectivity index (χ4v) is 2.87. The smallest absolute Gasteiger partial charge is 0.230 e. The molecule has 1 fully saturated rings. The Morgan fingerprint density at radius 1 is 1.25 bits per heavy atom. The van der Waals surface area contributed by atoms with Crippen LogP contribution in [0.15, 0.2) is 30.3 Å². The highest BCUT2D eigenvalue weighted by Crippen LogP contribution is 2.44. The van der Waals surface area contributed by atoms with E-state index in [0.29, 0.717) is 6.54 Å². The van der Waals surface area contributed by atoms with Gasteiger partial charge < -0.3 is 10.4 Å². The van der Waals surface area contributed by atoms with Crippen molar-refractivity contribution >= 4 is 5.91 Å². The zero-order valence-electron chi connectivity index (χ0n) is 12.5. The minimum absolute atomic E-state index is 0.0421. The van der Waals surface area contributed by atoms with E-state index in [1.807, 2.05) is 30.3 Å². The molecule has 1 saturated carbocycles. The van der Waals surface area contributed by atoms with E-state index in [-0.39, 0.29) is 17.9 Å².